The van der Waals surface area contributed by atoms with E-state index in [1.54, 1.807) is 31.2 Å². The minimum atomic E-state index is -4.09. The van der Waals surface area contributed by atoms with Crippen LogP contribution in [0.2, 0.25) is 0 Å². The zero-order valence-corrected chi connectivity index (χ0v) is 24.1. The molecule has 8 nitrogen and oxygen atoms in total. The average molecular weight is 586 g/mol. The molecule has 0 radical (unpaired) electrons. The van der Waals surface area contributed by atoms with Gasteiger partial charge in [0, 0.05) is 12.5 Å². The molecule has 0 saturated heterocycles. The zero-order chi connectivity index (χ0) is 29.7. The van der Waals surface area contributed by atoms with E-state index >= 15 is 0 Å². The molecule has 0 aromatic heterocycles. The van der Waals surface area contributed by atoms with Gasteiger partial charge in [-0.05, 0) is 65.9 Å². The number of esters is 1. The van der Waals surface area contributed by atoms with Crippen LogP contribution in [0, 0.1) is 6.92 Å². The van der Waals surface area contributed by atoms with E-state index in [9.17, 15) is 18.0 Å². The Balaban J connectivity index is 1.27. The van der Waals surface area contributed by atoms with Crippen molar-refractivity contribution < 1.29 is 31.7 Å². The van der Waals surface area contributed by atoms with Crippen LogP contribution in [0.4, 0.5) is 4.79 Å². The third kappa shape index (κ3) is 6.31. The maximum atomic E-state index is 12.9. The van der Waals surface area contributed by atoms with Crippen LogP contribution in [0.5, 0.6) is 5.75 Å². The highest BCUT2D eigenvalue weighted by atomic mass is 32.2. The third-order valence-electron chi connectivity index (χ3n) is 7.14. The van der Waals surface area contributed by atoms with Gasteiger partial charge in [-0.15, -0.1) is 0 Å². The van der Waals surface area contributed by atoms with Gasteiger partial charge in [-0.3, -0.25) is 4.79 Å². The quantitative estimate of drug-likeness (QED) is 0.181. The fraction of sp³-hybridized carbons (Fsp3) is 0.212. The second kappa shape index (κ2) is 12.5. The summed E-state index contributed by atoms with van der Waals surface area (Å²) >= 11 is 0. The van der Waals surface area contributed by atoms with Crippen molar-refractivity contribution in [1.82, 2.24) is 5.32 Å². The van der Waals surface area contributed by atoms with Crippen LogP contribution >= 0.6 is 0 Å². The summed E-state index contributed by atoms with van der Waals surface area (Å²) in [5, 5.41) is 2.67. The molecule has 1 amide bonds. The van der Waals surface area contributed by atoms with Gasteiger partial charge in [0.1, 0.15) is 17.3 Å². The SMILES string of the molecule is CCOC(=O)C(CNC(=O)OCC1c2ccccc2-c2ccccc21)c1cccc(OS(=O)(=O)c2ccc(C)cc2)c1. The Bertz CT molecular complexity index is 1650. The number of ether oxygens (including phenoxy) is 2. The van der Waals surface area contributed by atoms with E-state index in [-0.39, 0.29) is 36.3 Å². The first-order chi connectivity index (χ1) is 20.3. The van der Waals surface area contributed by atoms with Gasteiger partial charge in [-0.2, -0.15) is 8.42 Å². The van der Waals surface area contributed by atoms with Crippen molar-refractivity contribution in [1.29, 1.82) is 0 Å². The monoisotopic (exact) mass is 585 g/mol. The summed E-state index contributed by atoms with van der Waals surface area (Å²) in [4.78, 5) is 25.7. The molecule has 216 valence electrons. The van der Waals surface area contributed by atoms with Crippen molar-refractivity contribution in [3.05, 3.63) is 119 Å². The number of hydrogen-bond acceptors (Lipinski definition) is 7. The van der Waals surface area contributed by atoms with Crippen LogP contribution in [0.15, 0.2) is 102 Å². The first-order valence-electron chi connectivity index (χ1n) is 13.6. The molecule has 0 bridgehead atoms. The van der Waals surface area contributed by atoms with Crippen LogP contribution in [0.3, 0.4) is 0 Å². The number of amides is 1. The molecule has 1 aliphatic carbocycles. The summed E-state index contributed by atoms with van der Waals surface area (Å²) < 4.78 is 41.8. The lowest BCUT2D eigenvalue weighted by Gasteiger charge is -2.19. The van der Waals surface area contributed by atoms with E-state index in [4.69, 9.17) is 13.7 Å². The van der Waals surface area contributed by atoms with Gasteiger partial charge < -0.3 is 19.0 Å². The van der Waals surface area contributed by atoms with E-state index in [1.807, 2.05) is 43.3 Å². The number of carbonyl (C=O) groups is 2. The number of benzene rings is 4. The molecular formula is C33H31NO7S. The van der Waals surface area contributed by atoms with Crippen molar-refractivity contribution in [3.8, 4) is 16.9 Å². The number of carbonyl (C=O) groups excluding carboxylic acids is 2. The lowest BCUT2D eigenvalue weighted by Crippen LogP contribution is -2.33. The fourth-order valence-corrected chi connectivity index (χ4v) is 6.00. The normalized spacial score (nSPS) is 13.0. The summed E-state index contributed by atoms with van der Waals surface area (Å²) in [6.07, 6.45) is -0.680. The van der Waals surface area contributed by atoms with Crippen molar-refractivity contribution >= 4 is 22.2 Å². The summed E-state index contributed by atoms with van der Waals surface area (Å²) in [6, 6.07) is 28.5. The van der Waals surface area contributed by atoms with Gasteiger partial charge in [-0.25, -0.2) is 4.79 Å². The van der Waals surface area contributed by atoms with Crippen LogP contribution in [-0.2, 0) is 24.4 Å². The largest absolute Gasteiger partial charge is 0.465 e. The first kappa shape index (κ1) is 28.9. The van der Waals surface area contributed by atoms with Crippen molar-refractivity contribution in [2.24, 2.45) is 0 Å². The second-order valence-corrected chi connectivity index (χ2v) is 11.5. The molecule has 9 heteroatoms. The Morgan fingerprint density at radius 2 is 1.48 bits per heavy atom. The maximum Gasteiger partial charge on any atom is 0.407 e. The van der Waals surface area contributed by atoms with Gasteiger partial charge in [0.15, 0.2) is 0 Å². The number of hydrogen-bond donors (Lipinski definition) is 1. The van der Waals surface area contributed by atoms with Gasteiger partial charge in [0.05, 0.1) is 12.5 Å². The first-order valence-corrected chi connectivity index (χ1v) is 15.0. The summed E-state index contributed by atoms with van der Waals surface area (Å²) in [5.74, 6) is -1.57. The molecule has 4 aromatic carbocycles. The molecule has 4 aromatic rings. The highest BCUT2D eigenvalue weighted by Gasteiger charge is 2.30. The zero-order valence-electron chi connectivity index (χ0n) is 23.3. The molecule has 0 saturated carbocycles. The smallest absolute Gasteiger partial charge is 0.407 e. The molecular weight excluding hydrogens is 554 g/mol. The molecule has 1 unspecified atom stereocenters. The lowest BCUT2D eigenvalue weighted by atomic mass is 9.98. The number of nitrogens with one attached hydrogen (secondary N) is 1. The Kier molecular flexibility index (Phi) is 8.59. The maximum absolute atomic E-state index is 12.9. The minimum absolute atomic E-state index is 0.0115. The number of alkyl carbamates (subject to hydrolysis) is 1. The molecule has 5 rings (SSSR count). The fourth-order valence-electron chi connectivity index (χ4n) is 5.08. The molecule has 0 aliphatic heterocycles. The predicted molar refractivity (Wildman–Crippen MR) is 158 cm³/mol. The van der Waals surface area contributed by atoms with E-state index in [1.165, 1.54) is 24.3 Å². The molecule has 1 atom stereocenters. The van der Waals surface area contributed by atoms with Crippen LogP contribution in [-0.4, -0.2) is 40.2 Å². The van der Waals surface area contributed by atoms with E-state index in [2.05, 4.69) is 17.4 Å². The van der Waals surface area contributed by atoms with Crippen molar-refractivity contribution in [3.63, 3.8) is 0 Å². The van der Waals surface area contributed by atoms with Crippen LogP contribution in [0.1, 0.15) is 41.0 Å². The third-order valence-corrected chi connectivity index (χ3v) is 8.40. The van der Waals surface area contributed by atoms with Gasteiger partial charge in [-0.1, -0.05) is 78.4 Å². The standard InChI is InChI=1S/C33H31NO7S/c1-3-39-32(35)30(23-9-8-10-24(19-23)41-42(37,38)25-17-15-22(2)16-18-25)20-34-33(36)40-21-31-28-13-6-4-11-26(28)27-12-5-7-14-29(27)31/h4-19,30-31H,3,20-21H2,1-2H3,(H,34,36). The van der Waals surface area contributed by atoms with E-state index < -0.39 is 28.1 Å². The second-order valence-electron chi connectivity index (χ2n) is 9.93. The number of aryl methyl sites for hydroxylation is 1. The summed E-state index contributed by atoms with van der Waals surface area (Å²) in [7, 11) is -4.09. The molecule has 1 aliphatic rings. The Morgan fingerprint density at radius 3 is 2.12 bits per heavy atom. The van der Waals surface area contributed by atoms with Crippen molar-refractivity contribution in [2.75, 3.05) is 19.8 Å². The predicted octanol–water partition coefficient (Wildman–Crippen LogP) is 5.95. The topological polar surface area (TPSA) is 108 Å². The van der Waals surface area contributed by atoms with E-state index in [0.29, 0.717) is 5.56 Å². The number of fused-ring (bicyclic) bond motifs is 3. The van der Waals surface area contributed by atoms with Gasteiger partial charge in [0.25, 0.3) is 0 Å². The molecule has 0 fully saturated rings. The molecule has 0 spiro atoms. The number of rotatable bonds is 10. The Morgan fingerprint density at radius 1 is 0.833 bits per heavy atom. The van der Waals surface area contributed by atoms with Crippen molar-refractivity contribution in [2.45, 2.75) is 30.6 Å². The van der Waals surface area contributed by atoms with Gasteiger partial charge in [0.2, 0.25) is 0 Å². The van der Waals surface area contributed by atoms with Crippen LogP contribution < -0.4 is 9.50 Å². The highest BCUT2D eigenvalue weighted by Crippen LogP contribution is 2.44. The molecule has 42 heavy (non-hydrogen) atoms. The van der Waals surface area contributed by atoms with E-state index in [0.717, 1.165) is 27.8 Å². The molecule has 1 N–H and O–H groups in total. The van der Waals surface area contributed by atoms with Crippen LogP contribution in [0.25, 0.3) is 11.1 Å². The minimum Gasteiger partial charge on any atom is -0.465 e. The molecule has 0 heterocycles. The highest BCUT2D eigenvalue weighted by molar-refractivity contribution is 7.87. The lowest BCUT2D eigenvalue weighted by molar-refractivity contribution is -0.144. The Hall–Kier alpha value is -4.63. The average Bonchev–Trinajstić information content (AvgIpc) is 3.30. The summed E-state index contributed by atoms with van der Waals surface area (Å²) in [6.45, 7) is 3.68. The Labute approximate surface area is 245 Å². The summed E-state index contributed by atoms with van der Waals surface area (Å²) in [5.41, 5.74) is 5.76. The van der Waals surface area contributed by atoms with Gasteiger partial charge >= 0.3 is 22.2 Å².